The lowest BCUT2D eigenvalue weighted by Gasteiger charge is -2.07. The van der Waals surface area contributed by atoms with Gasteiger partial charge in [-0.15, -0.1) is 11.3 Å². The van der Waals surface area contributed by atoms with Crippen molar-refractivity contribution in [2.45, 2.75) is 32.3 Å². The van der Waals surface area contributed by atoms with Gasteiger partial charge in [-0.2, -0.15) is 11.8 Å². The number of rotatable bonds is 6. The van der Waals surface area contributed by atoms with Gasteiger partial charge in [-0.05, 0) is 37.0 Å². The van der Waals surface area contributed by atoms with Crippen LogP contribution in [-0.2, 0) is 12.8 Å². The van der Waals surface area contributed by atoms with E-state index >= 15 is 0 Å². The minimum atomic E-state index is -0.161. The van der Waals surface area contributed by atoms with Gasteiger partial charge in [0.15, 0.2) is 0 Å². The van der Waals surface area contributed by atoms with Crippen LogP contribution in [0.4, 0.5) is 0 Å². The summed E-state index contributed by atoms with van der Waals surface area (Å²) in [6, 6.07) is 4.31. The molecule has 1 heterocycles. The van der Waals surface area contributed by atoms with E-state index in [2.05, 4.69) is 25.3 Å². The van der Waals surface area contributed by atoms with Gasteiger partial charge in [-0.3, -0.25) is 0 Å². The Morgan fingerprint density at radius 1 is 1.43 bits per heavy atom. The first kappa shape index (κ1) is 12.1. The highest BCUT2D eigenvalue weighted by Gasteiger charge is 2.06. The molecule has 0 aliphatic heterocycles. The first-order valence-corrected chi connectivity index (χ1v) is 7.22. The van der Waals surface area contributed by atoms with Crippen LogP contribution >= 0.6 is 23.1 Å². The zero-order valence-corrected chi connectivity index (χ0v) is 10.5. The minimum Gasteiger partial charge on any atom is -0.393 e. The van der Waals surface area contributed by atoms with Crippen LogP contribution in [0.3, 0.4) is 0 Å². The summed E-state index contributed by atoms with van der Waals surface area (Å²) in [6.07, 6.45) is 4.75. The Kier molecular flexibility index (Phi) is 5.60. The average Bonchev–Trinajstić information content (AvgIpc) is 2.62. The summed E-state index contributed by atoms with van der Waals surface area (Å²) >= 11 is 3.62. The lowest BCUT2D eigenvalue weighted by Crippen LogP contribution is -2.10. The molecule has 0 aliphatic rings. The number of hydrogen-bond donors (Lipinski definition) is 1. The van der Waals surface area contributed by atoms with Crippen molar-refractivity contribution in [1.29, 1.82) is 0 Å². The molecule has 1 aromatic heterocycles. The molecule has 80 valence electrons. The largest absolute Gasteiger partial charge is 0.393 e. The van der Waals surface area contributed by atoms with E-state index in [1.807, 2.05) is 11.3 Å². The van der Waals surface area contributed by atoms with Crippen molar-refractivity contribution in [1.82, 2.24) is 0 Å². The molecular weight excluding hydrogens is 212 g/mol. The summed E-state index contributed by atoms with van der Waals surface area (Å²) in [7, 11) is 0. The molecule has 0 spiro atoms. The van der Waals surface area contributed by atoms with Gasteiger partial charge in [-0.25, -0.2) is 0 Å². The maximum absolute atomic E-state index is 9.71. The molecule has 0 fully saturated rings. The molecule has 0 bridgehead atoms. The third-order valence-electron chi connectivity index (χ3n) is 2.16. The second-order valence-electron chi connectivity index (χ2n) is 3.36. The van der Waals surface area contributed by atoms with Crippen molar-refractivity contribution < 1.29 is 5.11 Å². The van der Waals surface area contributed by atoms with Crippen LogP contribution in [0.1, 0.15) is 23.1 Å². The van der Waals surface area contributed by atoms with Crippen molar-refractivity contribution in [2.75, 3.05) is 12.0 Å². The summed E-state index contributed by atoms with van der Waals surface area (Å²) in [5.74, 6) is 1.05. The quantitative estimate of drug-likeness (QED) is 0.811. The number of thioether (sulfide) groups is 1. The maximum atomic E-state index is 9.71. The minimum absolute atomic E-state index is 0.161. The summed E-state index contributed by atoms with van der Waals surface area (Å²) in [6.45, 7) is 2.17. The van der Waals surface area contributed by atoms with Crippen LogP contribution in [-0.4, -0.2) is 23.2 Å². The van der Waals surface area contributed by atoms with Crippen molar-refractivity contribution >= 4 is 23.1 Å². The third kappa shape index (κ3) is 4.03. The first-order chi connectivity index (χ1) is 6.76. The van der Waals surface area contributed by atoms with Crippen LogP contribution in [0.25, 0.3) is 0 Å². The van der Waals surface area contributed by atoms with Gasteiger partial charge in [0.1, 0.15) is 0 Å². The first-order valence-electron chi connectivity index (χ1n) is 5.00. The molecule has 1 aromatic rings. The molecule has 1 N–H and O–H groups in total. The van der Waals surface area contributed by atoms with Crippen molar-refractivity contribution in [2.24, 2.45) is 0 Å². The lowest BCUT2D eigenvalue weighted by molar-refractivity contribution is 0.173. The highest BCUT2D eigenvalue weighted by Crippen LogP contribution is 2.19. The Hall–Kier alpha value is 0.01000. The molecule has 1 rings (SSSR count). The van der Waals surface area contributed by atoms with Gasteiger partial charge in [0.25, 0.3) is 0 Å². The summed E-state index contributed by atoms with van der Waals surface area (Å²) in [4.78, 5) is 2.73. The third-order valence-corrected chi connectivity index (χ3v) is 4.05. The molecule has 1 unspecified atom stereocenters. The van der Waals surface area contributed by atoms with Crippen LogP contribution in [0.5, 0.6) is 0 Å². The molecule has 14 heavy (non-hydrogen) atoms. The van der Waals surface area contributed by atoms with Crippen LogP contribution in [0, 0.1) is 0 Å². The molecule has 0 saturated heterocycles. The Balaban J connectivity index is 2.35. The average molecular weight is 230 g/mol. The smallest absolute Gasteiger partial charge is 0.0596 e. The van der Waals surface area contributed by atoms with Crippen molar-refractivity contribution in [3.63, 3.8) is 0 Å². The van der Waals surface area contributed by atoms with E-state index in [1.165, 1.54) is 9.75 Å². The SMILES string of the molecule is CCc1ccc(CC(O)CCSC)s1. The van der Waals surface area contributed by atoms with Gasteiger partial charge in [-0.1, -0.05) is 6.92 Å². The number of thiophene rings is 1. The van der Waals surface area contributed by atoms with E-state index in [-0.39, 0.29) is 6.10 Å². The number of hydrogen-bond acceptors (Lipinski definition) is 3. The second kappa shape index (κ2) is 6.49. The van der Waals surface area contributed by atoms with E-state index < -0.39 is 0 Å². The van der Waals surface area contributed by atoms with Crippen LogP contribution in [0.15, 0.2) is 12.1 Å². The highest BCUT2D eigenvalue weighted by molar-refractivity contribution is 7.98. The molecule has 3 heteroatoms. The van der Waals surface area contributed by atoms with Crippen LogP contribution < -0.4 is 0 Å². The van der Waals surface area contributed by atoms with Gasteiger partial charge in [0.05, 0.1) is 6.10 Å². The van der Waals surface area contributed by atoms with Gasteiger partial charge in [0, 0.05) is 16.2 Å². The van der Waals surface area contributed by atoms with E-state index in [9.17, 15) is 5.11 Å². The Morgan fingerprint density at radius 2 is 2.14 bits per heavy atom. The fourth-order valence-corrected chi connectivity index (χ4v) is 2.85. The fourth-order valence-electron chi connectivity index (χ4n) is 1.31. The fraction of sp³-hybridized carbons (Fsp3) is 0.636. The summed E-state index contributed by atoms with van der Waals surface area (Å²) in [5.41, 5.74) is 0. The number of aliphatic hydroxyl groups excluding tert-OH is 1. The van der Waals surface area contributed by atoms with Crippen molar-refractivity contribution in [3.8, 4) is 0 Å². The Labute approximate surface area is 94.5 Å². The second-order valence-corrected chi connectivity index (χ2v) is 5.60. The monoisotopic (exact) mass is 230 g/mol. The van der Waals surface area contributed by atoms with E-state index in [0.717, 1.165) is 25.0 Å². The lowest BCUT2D eigenvalue weighted by atomic mass is 10.2. The molecule has 1 nitrogen and oxygen atoms in total. The molecule has 0 amide bonds. The zero-order valence-electron chi connectivity index (χ0n) is 8.82. The predicted molar refractivity (Wildman–Crippen MR) is 66.4 cm³/mol. The van der Waals surface area contributed by atoms with E-state index in [0.29, 0.717) is 0 Å². The topological polar surface area (TPSA) is 20.2 Å². The molecule has 0 aromatic carbocycles. The van der Waals surface area contributed by atoms with Crippen molar-refractivity contribution in [3.05, 3.63) is 21.9 Å². The molecule has 0 saturated carbocycles. The highest BCUT2D eigenvalue weighted by atomic mass is 32.2. The normalized spacial score (nSPS) is 13.1. The van der Waals surface area contributed by atoms with Gasteiger partial charge < -0.3 is 5.11 Å². The zero-order chi connectivity index (χ0) is 10.4. The standard InChI is InChI=1S/C11H18OS2/c1-3-10-4-5-11(14-10)8-9(12)6-7-13-2/h4-5,9,12H,3,6-8H2,1-2H3. The molecular formula is C11H18OS2. The summed E-state index contributed by atoms with van der Waals surface area (Å²) in [5, 5.41) is 9.71. The number of aryl methyl sites for hydroxylation is 1. The Bertz CT molecular complexity index is 258. The van der Waals surface area contributed by atoms with E-state index in [4.69, 9.17) is 0 Å². The van der Waals surface area contributed by atoms with E-state index in [1.54, 1.807) is 11.8 Å². The van der Waals surface area contributed by atoms with Gasteiger partial charge in [0.2, 0.25) is 0 Å². The molecule has 0 aliphatic carbocycles. The maximum Gasteiger partial charge on any atom is 0.0596 e. The number of aliphatic hydroxyl groups is 1. The predicted octanol–water partition coefficient (Wildman–Crippen LogP) is 2.97. The molecule has 0 radical (unpaired) electrons. The van der Waals surface area contributed by atoms with Gasteiger partial charge >= 0.3 is 0 Å². The summed E-state index contributed by atoms with van der Waals surface area (Å²) < 4.78 is 0. The Morgan fingerprint density at radius 3 is 2.71 bits per heavy atom. The van der Waals surface area contributed by atoms with Crippen LogP contribution in [0.2, 0.25) is 0 Å². The molecule has 1 atom stereocenters.